The molecule has 0 bridgehead atoms. The topological polar surface area (TPSA) is 175 Å². The van der Waals surface area contributed by atoms with Crippen molar-refractivity contribution in [2.75, 3.05) is 13.2 Å². The van der Waals surface area contributed by atoms with Gasteiger partial charge in [0, 0.05) is 20.8 Å². The molecule has 2 heterocycles. The van der Waals surface area contributed by atoms with Crippen LogP contribution in [0.4, 0.5) is 0 Å². The second kappa shape index (κ2) is 19.7. The summed E-state index contributed by atoms with van der Waals surface area (Å²) in [4.78, 5) is 37.0. The van der Waals surface area contributed by atoms with E-state index in [9.17, 15) is 24.6 Å². The second-order valence-corrected chi connectivity index (χ2v) is 12.6. The number of ether oxygens (including phenoxy) is 9. The fraction of sp³-hybridized carbons (Fsp3) is 0.462. The highest BCUT2D eigenvalue weighted by atomic mass is 16.8. The Morgan fingerprint density at radius 2 is 1.02 bits per heavy atom. The van der Waals surface area contributed by atoms with Crippen LogP contribution in [0.25, 0.3) is 0 Å². The number of aliphatic hydroxyl groups is 2. The summed E-state index contributed by atoms with van der Waals surface area (Å²) in [6.07, 6.45) is -12.7. The van der Waals surface area contributed by atoms with Crippen LogP contribution in [0.3, 0.4) is 0 Å². The Morgan fingerprint density at radius 3 is 1.47 bits per heavy atom. The van der Waals surface area contributed by atoms with Crippen LogP contribution < -0.4 is 0 Å². The van der Waals surface area contributed by atoms with E-state index in [1.807, 2.05) is 91.0 Å². The summed E-state index contributed by atoms with van der Waals surface area (Å²) >= 11 is 0. The van der Waals surface area contributed by atoms with Crippen molar-refractivity contribution in [3.8, 4) is 0 Å². The van der Waals surface area contributed by atoms with E-state index >= 15 is 0 Å². The van der Waals surface area contributed by atoms with Crippen LogP contribution in [0.1, 0.15) is 37.5 Å². The van der Waals surface area contributed by atoms with Gasteiger partial charge in [-0.05, 0) is 16.7 Å². The maximum atomic E-state index is 12.6. The molecule has 3 aromatic carbocycles. The van der Waals surface area contributed by atoms with Gasteiger partial charge in [0.25, 0.3) is 0 Å². The van der Waals surface area contributed by atoms with E-state index in [0.29, 0.717) is 0 Å². The Labute approximate surface area is 307 Å². The summed E-state index contributed by atoms with van der Waals surface area (Å²) in [7, 11) is 0. The van der Waals surface area contributed by atoms with Crippen molar-refractivity contribution < 1.29 is 67.2 Å². The van der Waals surface area contributed by atoms with Crippen LogP contribution in [0, 0.1) is 0 Å². The minimum Gasteiger partial charge on any atom is -0.463 e. The van der Waals surface area contributed by atoms with Crippen molar-refractivity contribution in [3.63, 3.8) is 0 Å². The molecule has 0 aromatic heterocycles. The standard InChI is InChI=1S/C39H46O14/c1-24(41)45-23-31-33(49-25(2)42)35(47-21-28-15-9-5-10-16-28)37(50-26(3)43)39(52-31)53-32-30(19-40)51-38(44)36(48-22-29-17-11-6-12-18-29)34(32)46-20-27-13-7-4-8-14-27/h4-18,30-40,44H,19-23H2,1-3H3/t30-,31-,32-,33-,34+,35+,36-,37+,38-,39+/m1/s1. The third-order valence-corrected chi connectivity index (χ3v) is 8.58. The molecule has 0 unspecified atom stereocenters. The van der Waals surface area contributed by atoms with Crippen molar-refractivity contribution in [3.05, 3.63) is 108 Å². The minimum absolute atomic E-state index is 0.00422. The van der Waals surface area contributed by atoms with Gasteiger partial charge in [-0.2, -0.15) is 0 Å². The number of benzene rings is 3. The van der Waals surface area contributed by atoms with Gasteiger partial charge in [-0.3, -0.25) is 14.4 Å². The molecule has 2 saturated heterocycles. The van der Waals surface area contributed by atoms with E-state index in [1.54, 1.807) is 0 Å². The van der Waals surface area contributed by atoms with Gasteiger partial charge in [0.05, 0.1) is 26.4 Å². The first-order valence-electron chi connectivity index (χ1n) is 17.3. The largest absolute Gasteiger partial charge is 0.463 e. The molecule has 2 aliphatic heterocycles. The molecule has 3 aromatic rings. The molecular weight excluding hydrogens is 692 g/mol. The van der Waals surface area contributed by atoms with Crippen molar-refractivity contribution in [1.82, 2.24) is 0 Å². The average molecular weight is 739 g/mol. The second-order valence-electron chi connectivity index (χ2n) is 12.6. The highest BCUT2D eigenvalue weighted by Crippen LogP contribution is 2.35. The fourth-order valence-electron chi connectivity index (χ4n) is 6.19. The highest BCUT2D eigenvalue weighted by Gasteiger charge is 2.55. The zero-order chi connectivity index (χ0) is 37.7. The number of rotatable bonds is 16. The summed E-state index contributed by atoms with van der Waals surface area (Å²) in [5, 5.41) is 21.7. The molecule has 0 spiro atoms. The maximum Gasteiger partial charge on any atom is 0.303 e. The third-order valence-electron chi connectivity index (χ3n) is 8.58. The summed E-state index contributed by atoms with van der Waals surface area (Å²) in [6.45, 7) is 2.73. The number of carbonyl (C=O) groups excluding carboxylic acids is 3. The van der Waals surface area contributed by atoms with Crippen LogP contribution in [-0.2, 0) is 76.8 Å². The van der Waals surface area contributed by atoms with Gasteiger partial charge in [0.2, 0.25) is 0 Å². The van der Waals surface area contributed by atoms with Crippen molar-refractivity contribution in [2.45, 2.75) is 102 Å². The smallest absolute Gasteiger partial charge is 0.303 e. The molecule has 10 atom stereocenters. The lowest BCUT2D eigenvalue weighted by molar-refractivity contribution is -0.366. The summed E-state index contributed by atoms with van der Waals surface area (Å²) in [5.41, 5.74) is 2.39. The lowest BCUT2D eigenvalue weighted by Crippen LogP contribution is -2.66. The van der Waals surface area contributed by atoms with Gasteiger partial charge < -0.3 is 52.8 Å². The molecule has 53 heavy (non-hydrogen) atoms. The molecule has 2 aliphatic rings. The first kappa shape index (κ1) is 39.9. The van der Waals surface area contributed by atoms with Crippen LogP contribution in [0.2, 0.25) is 0 Å². The van der Waals surface area contributed by atoms with Crippen LogP contribution in [0.5, 0.6) is 0 Å². The SMILES string of the molecule is CC(=O)OC[C@H]1O[C@@H](O[C@H]2[C@H](OCc3ccccc3)[C@@H](OCc3ccccc3)[C@H](O)O[C@@H]2CO)[C@@H](OC(C)=O)[C@@H](OCc2ccccc2)[C@@H]1OC(C)=O. The number of hydrogen-bond acceptors (Lipinski definition) is 14. The molecule has 0 amide bonds. The Hall–Kier alpha value is -4.25. The van der Waals surface area contributed by atoms with Crippen LogP contribution in [-0.4, -0.2) is 103 Å². The lowest BCUT2D eigenvalue weighted by Gasteiger charge is -2.48. The van der Waals surface area contributed by atoms with E-state index in [-0.39, 0.29) is 26.4 Å². The molecule has 2 fully saturated rings. The molecular formula is C39H46O14. The van der Waals surface area contributed by atoms with E-state index in [0.717, 1.165) is 16.7 Å². The van der Waals surface area contributed by atoms with E-state index < -0.39 is 85.9 Å². The Morgan fingerprint density at radius 1 is 0.566 bits per heavy atom. The molecule has 14 nitrogen and oxygen atoms in total. The van der Waals surface area contributed by atoms with E-state index in [1.165, 1.54) is 20.8 Å². The molecule has 14 heteroatoms. The van der Waals surface area contributed by atoms with E-state index in [2.05, 4.69) is 0 Å². The Kier molecular flexibility index (Phi) is 14.9. The molecule has 5 rings (SSSR count). The third kappa shape index (κ3) is 11.4. The predicted molar refractivity (Wildman–Crippen MR) is 184 cm³/mol. The van der Waals surface area contributed by atoms with Crippen LogP contribution in [0.15, 0.2) is 91.0 Å². The zero-order valence-electron chi connectivity index (χ0n) is 29.8. The number of aliphatic hydroxyl groups excluding tert-OH is 2. The van der Waals surface area contributed by atoms with Crippen molar-refractivity contribution in [1.29, 1.82) is 0 Å². The summed E-state index contributed by atoms with van der Waals surface area (Å²) < 4.78 is 54.5. The van der Waals surface area contributed by atoms with Gasteiger partial charge in [-0.1, -0.05) is 91.0 Å². The number of esters is 3. The highest BCUT2D eigenvalue weighted by molar-refractivity contribution is 5.67. The molecule has 0 radical (unpaired) electrons. The van der Waals surface area contributed by atoms with Crippen molar-refractivity contribution in [2.24, 2.45) is 0 Å². The van der Waals surface area contributed by atoms with Gasteiger partial charge in [-0.25, -0.2) is 0 Å². The first-order valence-corrected chi connectivity index (χ1v) is 17.3. The minimum atomic E-state index is -1.54. The fourth-order valence-corrected chi connectivity index (χ4v) is 6.19. The lowest BCUT2D eigenvalue weighted by atomic mass is 9.96. The molecule has 2 N–H and O–H groups in total. The van der Waals surface area contributed by atoms with Crippen LogP contribution >= 0.6 is 0 Å². The molecule has 0 aliphatic carbocycles. The molecule has 286 valence electrons. The zero-order valence-corrected chi connectivity index (χ0v) is 29.8. The summed E-state index contributed by atoms with van der Waals surface area (Å²) in [6, 6.07) is 27.7. The number of hydrogen-bond donors (Lipinski definition) is 2. The maximum absolute atomic E-state index is 12.6. The van der Waals surface area contributed by atoms with E-state index in [4.69, 9.17) is 42.6 Å². The van der Waals surface area contributed by atoms with Gasteiger partial charge in [0.1, 0.15) is 43.2 Å². The Bertz CT molecular complexity index is 1570. The van der Waals surface area contributed by atoms with Crippen molar-refractivity contribution >= 4 is 17.9 Å². The normalized spacial score (nSPS) is 28.5. The predicted octanol–water partition coefficient (Wildman–Crippen LogP) is 2.99. The van der Waals surface area contributed by atoms with Gasteiger partial charge in [0.15, 0.2) is 24.8 Å². The first-order chi connectivity index (χ1) is 25.6. The monoisotopic (exact) mass is 738 g/mol. The number of carbonyl (C=O) groups is 3. The average Bonchev–Trinajstić information content (AvgIpc) is 3.15. The van der Waals surface area contributed by atoms with Gasteiger partial charge in [-0.15, -0.1) is 0 Å². The Balaban J connectivity index is 1.51. The quantitative estimate of drug-likeness (QED) is 0.162. The molecule has 0 saturated carbocycles. The summed E-state index contributed by atoms with van der Waals surface area (Å²) in [5.74, 6) is -2.04. The van der Waals surface area contributed by atoms with Gasteiger partial charge >= 0.3 is 17.9 Å².